The fraction of sp³-hybridized carbons (Fsp3) is 0.192. The van der Waals surface area contributed by atoms with Crippen molar-refractivity contribution in [2.24, 2.45) is 5.41 Å². The van der Waals surface area contributed by atoms with E-state index in [0.717, 1.165) is 27.5 Å². The van der Waals surface area contributed by atoms with Gasteiger partial charge in [0.1, 0.15) is 0 Å². The summed E-state index contributed by atoms with van der Waals surface area (Å²) in [4.78, 5) is 13.6. The smallest absolute Gasteiger partial charge is 0.193 e. The Balaban J connectivity index is 1.96. The summed E-state index contributed by atoms with van der Waals surface area (Å²) in [5.41, 5.74) is 4.05. The fourth-order valence-electron chi connectivity index (χ4n) is 4.00. The first-order chi connectivity index (χ1) is 13.0. The molecule has 1 heteroatoms. The number of hydrogen-bond acceptors (Lipinski definition) is 1. The monoisotopic (exact) mass is 352 g/mol. The first-order valence-corrected chi connectivity index (χ1v) is 9.47. The van der Waals surface area contributed by atoms with Gasteiger partial charge in [0.05, 0.1) is 0 Å². The molecule has 1 unspecified atom stereocenters. The second-order valence-corrected chi connectivity index (χ2v) is 8.18. The van der Waals surface area contributed by atoms with Gasteiger partial charge in [0.25, 0.3) is 0 Å². The van der Waals surface area contributed by atoms with Crippen LogP contribution in [-0.2, 0) is 0 Å². The van der Waals surface area contributed by atoms with Crippen molar-refractivity contribution in [1.82, 2.24) is 0 Å². The van der Waals surface area contributed by atoms with E-state index in [-0.39, 0.29) is 17.1 Å². The van der Waals surface area contributed by atoms with Crippen molar-refractivity contribution < 1.29 is 4.79 Å². The maximum Gasteiger partial charge on any atom is 0.193 e. The minimum absolute atomic E-state index is 0.0485. The average molecular weight is 352 g/mol. The van der Waals surface area contributed by atoms with E-state index in [4.69, 9.17) is 0 Å². The highest BCUT2D eigenvalue weighted by Crippen LogP contribution is 2.43. The third-order valence-electron chi connectivity index (χ3n) is 5.34. The molecule has 0 saturated carbocycles. The van der Waals surface area contributed by atoms with Crippen LogP contribution in [0.4, 0.5) is 0 Å². The summed E-state index contributed by atoms with van der Waals surface area (Å²) in [6.45, 7) is 6.70. The zero-order valence-corrected chi connectivity index (χ0v) is 16.1. The number of carbonyl (C=O) groups is 1. The van der Waals surface area contributed by atoms with Crippen LogP contribution < -0.4 is 0 Å². The number of hydrogen-bond donors (Lipinski definition) is 0. The van der Waals surface area contributed by atoms with Crippen molar-refractivity contribution in [3.8, 4) is 0 Å². The summed E-state index contributed by atoms with van der Waals surface area (Å²) in [5, 5.41) is 2.13. The minimum atomic E-state index is 0.0485. The molecular formula is C26H24O. The van der Waals surface area contributed by atoms with E-state index in [0.29, 0.717) is 0 Å². The van der Waals surface area contributed by atoms with Gasteiger partial charge in [-0.05, 0) is 21.8 Å². The van der Waals surface area contributed by atoms with Crippen LogP contribution >= 0.6 is 0 Å². The van der Waals surface area contributed by atoms with Crippen LogP contribution in [0.2, 0.25) is 0 Å². The summed E-state index contributed by atoms with van der Waals surface area (Å²) >= 11 is 0. The van der Waals surface area contributed by atoms with Crippen LogP contribution in [0.1, 0.15) is 48.2 Å². The van der Waals surface area contributed by atoms with Crippen LogP contribution in [0.5, 0.6) is 0 Å². The molecule has 3 aromatic rings. The summed E-state index contributed by atoms with van der Waals surface area (Å²) in [6.07, 6.45) is 6.54. The number of rotatable bonds is 3. The summed E-state index contributed by atoms with van der Waals surface area (Å²) < 4.78 is 0. The molecule has 4 rings (SSSR count). The number of ketones is 1. The van der Waals surface area contributed by atoms with Gasteiger partial charge in [0.2, 0.25) is 0 Å². The van der Waals surface area contributed by atoms with Crippen molar-refractivity contribution in [1.29, 1.82) is 0 Å². The van der Waals surface area contributed by atoms with E-state index in [1.54, 1.807) is 0 Å². The first kappa shape index (κ1) is 17.5. The molecule has 1 aliphatic carbocycles. The quantitative estimate of drug-likeness (QED) is 0.480. The Bertz CT molecular complexity index is 1060. The Hall–Kier alpha value is -2.93. The highest BCUT2D eigenvalue weighted by Gasteiger charge is 2.30. The number of benzene rings is 3. The topological polar surface area (TPSA) is 17.1 Å². The van der Waals surface area contributed by atoms with Gasteiger partial charge in [0, 0.05) is 17.0 Å². The lowest BCUT2D eigenvalue weighted by Crippen LogP contribution is -2.17. The lowest BCUT2D eigenvalue weighted by molar-refractivity contribution is 0.103. The zero-order chi connectivity index (χ0) is 19.0. The van der Waals surface area contributed by atoms with Gasteiger partial charge in [-0.3, -0.25) is 4.79 Å². The Morgan fingerprint density at radius 3 is 2.30 bits per heavy atom. The lowest BCUT2D eigenvalue weighted by atomic mass is 9.75. The van der Waals surface area contributed by atoms with Crippen molar-refractivity contribution in [3.05, 3.63) is 107 Å². The maximum atomic E-state index is 13.6. The summed E-state index contributed by atoms with van der Waals surface area (Å²) in [6, 6.07) is 22.0. The first-order valence-electron chi connectivity index (χ1n) is 9.47. The van der Waals surface area contributed by atoms with Gasteiger partial charge in [-0.1, -0.05) is 111 Å². The van der Waals surface area contributed by atoms with Gasteiger partial charge >= 0.3 is 0 Å². The highest BCUT2D eigenvalue weighted by molar-refractivity contribution is 6.17. The molecule has 0 aromatic heterocycles. The molecule has 0 N–H and O–H groups in total. The molecule has 1 atom stereocenters. The van der Waals surface area contributed by atoms with Crippen LogP contribution in [0, 0.1) is 5.41 Å². The van der Waals surface area contributed by atoms with Crippen molar-refractivity contribution in [2.75, 3.05) is 0 Å². The van der Waals surface area contributed by atoms with E-state index >= 15 is 0 Å². The molecule has 0 radical (unpaired) electrons. The molecule has 0 fully saturated rings. The molecule has 0 aliphatic heterocycles. The van der Waals surface area contributed by atoms with Gasteiger partial charge < -0.3 is 0 Å². The molecule has 3 aromatic carbocycles. The van der Waals surface area contributed by atoms with Crippen molar-refractivity contribution in [2.45, 2.75) is 26.7 Å². The van der Waals surface area contributed by atoms with Crippen LogP contribution in [-0.4, -0.2) is 5.78 Å². The summed E-state index contributed by atoms with van der Waals surface area (Å²) in [7, 11) is 0. The number of carbonyl (C=O) groups excluding carboxylic acids is 1. The normalized spacial score (nSPS) is 16.6. The summed E-state index contributed by atoms with van der Waals surface area (Å²) in [5.74, 6) is 0.230. The predicted molar refractivity (Wildman–Crippen MR) is 113 cm³/mol. The number of fused-ring (bicyclic) bond motifs is 1. The minimum Gasteiger partial charge on any atom is -0.289 e. The fourth-order valence-corrected chi connectivity index (χ4v) is 4.00. The Labute approximate surface area is 161 Å². The third kappa shape index (κ3) is 3.14. The predicted octanol–water partition coefficient (Wildman–Crippen LogP) is 6.70. The van der Waals surface area contributed by atoms with Gasteiger partial charge in [-0.15, -0.1) is 0 Å². The molecular weight excluding hydrogens is 328 g/mol. The molecule has 1 nitrogen and oxygen atoms in total. The standard InChI is InChI=1S/C26H24O/c1-26(2,3)23-15-9-14-21(23)22-17-16-18-10-7-8-13-20(18)24(22)25(27)19-11-5-4-6-12-19/h4-17,21H,1-3H3. The second kappa shape index (κ2) is 6.66. The maximum absolute atomic E-state index is 13.6. The average Bonchev–Trinajstić information content (AvgIpc) is 3.17. The largest absolute Gasteiger partial charge is 0.289 e. The molecule has 0 saturated heterocycles. The molecule has 0 amide bonds. The van der Waals surface area contributed by atoms with E-state index in [2.05, 4.69) is 63.3 Å². The van der Waals surface area contributed by atoms with Crippen molar-refractivity contribution in [3.63, 3.8) is 0 Å². The Kier molecular flexibility index (Phi) is 4.31. The van der Waals surface area contributed by atoms with Crippen LogP contribution in [0.3, 0.4) is 0 Å². The third-order valence-corrected chi connectivity index (χ3v) is 5.34. The van der Waals surface area contributed by atoms with E-state index < -0.39 is 0 Å². The molecule has 134 valence electrons. The molecule has 27 heavy (non-hydrogen) atoms. The Morgan fingerprint density at radius 1 is 0.852 bits per heavy atom. The molecule has 1 aliphatic rings. The molecule has 0 bridgehead atoms. The second-order valence-electron chi connectivity index (χ2n) is 8.18. The van der Waals surface area contributed by atoms with Gasteiger partial charge in [0.15, 0.2) is 5.78 Å². The van der Waals surface area contributed by atoms with E-state index in [9.17, 15) is 4.79 Å². The zero-order valence-electron chi connectivity index (χ0n) is 16.1. The van der Waals surface area contributed by atoms with Crippen molar-refractivity contribution >= 4 is 16.6 Å². The molecule has 0 heterocycles. The van der Waals surface area contributed by atoms with Gasteiger partial charge in [-0.2, -0.15) is 0 Å². The highest BCUT2D eigenvalue weighted by atomic mass is 16.1. The molecule has 0 spiro atoms. The van der Waals surface area contributed by atoms with Crippen LogP contribution in [0.15, 0.2) is 90.5 Å². The van der Waals surface area contributed by atoms with Crippen LogP contribution in [0.25, 0.3) is 10.8 Å². The lowest BCUT2D eigenvalue weighted by Gasteiger charge is -2.28. The van der Waals surface area contributed by atoms with E-state index in [1.807, 2.05) is 42.5 Å². The van der Waals surface area contributed by atoms with E-state index in [1.165, 1.54) is 5.57 Å². The van der Waals surface area contributed by atoms with Gasteiger partial charge in [-0.25, -0.2) is 0 Å². The Morgan fingerprint density at radius 2 is 1.56 bits per heavy atom. The number of allylic oxidation sites excluding steroid dienone is 4. The SMILES string of the molecule is CC(C)(C)C1=CC=CC1c1ccc2ccccc2c1C(=O)c1ccccc1.